The summed E-state index contributed by atoms with van der Waals surface area (Å²) in [6, 6.07) is 2.36. The number of carbonyl (C=O) groups is 1. The number of hydrogen-bond acceptors (Lipinski definition) is 6. The van der Waals surface area contributed by atoms with Gasteiger partial charge in [-0.25, -0.2) is 13.2 Å². The molecule has 1 heterocycles. The van der Waals surface area contributed by atoms with Crippen LogP contribution in [0.3, 0.4) is 0 Å². The van der Waals surface area contributed by atoms with Gasteiger partial charge in [-0.1, -0.05) is 0 Å². The van der Waals surface area contributed by atoms with E-state index in [0.29, 0.717) is 0 Å². The van der Waals surface area contributed by atoms with E-state index in [4.69, 9.17) is 14.6 Å². The van der Waals surface area contributed by atoms with Crippen LogP contribution < -0.4 is 9.47 Å². The fraction of sp³-hybridized carbons (Fsp3) is 0.364. The Morgan fingerprint density at radius 3 is 2.26 bits per heavy atom. The van der Waals surface area contributed by atoms with Crippen molar-refractivity contribution < 1.29 is 32.9 Å². The lowest BCUT2D eigenvalue weighted by atomic mass is 10.1. The molecule has 1 atom stereocenters. The molecule has 1 aliphatic heterocycles. The molecule has 0 amide bonds. The molecule has 0 radical (unpaired) electrons. The van der Waals surface area contributed by atoms with Gasteiger partial charge in [-0.2, -0.15) is 0 Å². The lowest BCUT2D eigenvalue weighted by Gasteiger charge is -2.21. The Hall–Kier alpha value is -1.80. The number of rotatable bonds is 3. The zero-order valence-electron chi connectivity index (χ0n) is 9.99. The highest BCUT2D eigenvalue weighted by molar-refractivity contribution is 7.90. The number of aliphatic carboxylic acids is 1. The molecule has 0 aromatic heterocycles. The minimum absolute atomic E-state index is 0.216. The second-order valence-electron chi connectivity index (χ2n) is 4.05. The molecule has 0 bridgehead atoms. The van der Waals surface area contributed by atoms with Crippen LogP contribution >= 0.6 is 0 Å². The summed E-state index contributed by atoms with van der Waals surface area (Å²) in [6.07, 6.45) is -1.02. The number of aliphatic hydroxyl groups is 1. The Balaban J connectivity index is 2.66. The highest BCUT2D eigenvalue weighted by atomic mass is 32.2. The van der Waals surface area contributed by atoms with Crippen molar-refractivity contribution in [1.29, 1.82) is 0 Å². The Kier molecular flexibility index (Phi) is 3.38. The van der Waals surface area contributed by atoms with Gasteiger partial charge >= 0.3 is 5.97 Å². The van der Waals surface area contributed by atoms with Crippen LogP contribution in [0.4, 0.5) is 0 Å². The van der Waals surface area contributed by atoms with Gasteiger partial charge in [0.15, 0.2) is 27.4 Å². The normalized spacial score (nSPS) is 15.9. The fourth-order valence-electron chi connectivity index (χ4n) is 1.75. The largest absolute Gasteiger partial charge is 0.486 e. The lowest BCUT2D eigenvalue weighted by molar-refractivity contribution is -0.147. The second kappa shape index (κ2) is 4.71. The zero-order valence-corrected chi connectivity index (χ0v) is 10.8. The molecule has 0 spiro atoms. The molecule has 1 unspecified atom stereocenters. The van der Waals surface area contributed by atoms with Gasteiger partial charge in [0, 0.05) is 17.9 Å². The zero-order chi connectivity index (χ0) is 14.2. The summed E-state index contributed by atoms with van der Waals surface area (Å²) in [5.41, 5.74) is -0.237. The molecule has 0 fully saturated rings. The molecule has 1 aromatic rings. The van der Waals surface area contributed by atoms with Crippen LogP contribution in [-0.4, -0.2) is 44.1 Å². The number of sulfone groups is 1. The number of carboxylic acids is 1. The second-order valence-corrected chi connectivity index (χ2v) is 6.03. The van der Waals surface area contributed by atoms with Crippen molar-refractivity contribution in [2.24, 2.45) is 0 Å². The van der Waals surface area contributed by atoms with Crippen LogP contribution in [0, 0.1) is 0 Å². The van der Waals surface area contributed by atoms with E-state index in [0.717, 1.165) is 6.26 Å². The van der Waals surface area contributed by atoms with E-state index in [-0.39, 0.29) is 35.2 Å². The Bertz CT molecular complexity index is 620. The van der Waals surface area contributed by atoms with Gasteiger partial charge in [0.25, 0.3) is 0 Å². The Labute approximate surface area is 109 Å². The number of fused-ring (bicyclic) bond motifs is 1. The van der Waals surface area contributed by atoms with E-state index in [1.807, 2.05) is 0 Å². The summed E-state index contributed by atoms with van der Waals surface area (Å²) in [4.78, 5) is 10.5. The van der Waals surface area contributed by atoms with Gasteiger partial charge < -0.3 is 19.7 Å². The molecule has 0 aliphatic carbocycles. The highest BCUT2D eigenvalue weighted by Gasteiger charge is 2.28. The minimum Gasteiger partial charge on any atom is -0.486 e. The van der Waals surface area contributed by atoms with Crippen LogP contribution in [-0.2, 0) is 14.6 Å². The molecule has 2 N–H and O–H groups in total. The molecule has 7 nitrogen and oxygen atoms in total. The summed E-state index contributed by atoms with van der Waals surface area (Å²) < 4.78 is 33.8. The molecular formula is C11H12O7S. The third-order valence-electron chi connectivity index (χ3n) is 2.60. The van der Waals surface area contributed by atoms with E-state index < -0.39 is 21.9 Å². The predicted octanol–water partition coefficient (Wildman–Crippen LogP) is -0.0207. The monoisotopic (exact) mass is 288 g/mol. The number of aliphatic hydroxyl groups excluding tert-OH is 1. The molecule has 2 rings (SSSR count). The highest BCUT2D eigenvalue weighted by Crippen LogP contribution is 2.37. The predicted molar refractivity (Wildman–Crippen MR) is 63.1 cm³/mol. The van der Waals surface area contributed by atoms with Crippen LogP contribution in [0.15, 0.2) is 17.0 Å². The third kappa shape index (κ3) is 2.64. The first-order valence-electron chi connectivity index (χ1n) is 5.35. The summed E-state index contributed by atoms with van der Waals surface area (Å²) in [7, 11) is -3.70. The van der Waals surface area contributed by atoms with Crippen molar-refractivity contribution in [3.63, 3.8) is 0 Å². The Morgan fingerprint density at radius 1 is 1.26 bits per heavy atom. The van der Waals surface area contributed by atoms with E-state index in [9.17, 15) is 18.3 Å². The molecule has 19 heavy (non-hydrogen) atoms. The first-order chi connectivity index (χ1) is 8.80. The summed E-state index contributed by atoms with van der Waals surface area (Å²) in [5.74, 6) is -1.11. The van der Waals surface area contributed by atoms with Crippen molar-refractivity contribution in [3.05, 3.63) is 17.7 Å². The number of benzene rings is 1. The molecule has 1 aliphatic rings. The maximum absolute atomic E-state index is 11.7. The fourth-order valence-corrected chi connectivity index (χ4v) is 2.67. The standard InChI is InChI=1S/C11H12O7S/c1-19(15,16)9-5-8-7(17-2-3-18-8)4-6(9)10(12)11(13)14/h4-5,10,12H,2-3H2,1H3,(H,13,14). The lowest BCUT2D eigenvalue weighted by Crippen LogP contribution is -2.19. The molecular weight excluding hydrogens is 276 g/mol. The first-order valence-corrected chi connectivity index (χ1v) is 7.24. The average Bonchev–Trinajstić information content (AvgIpc) is 2.35. The van der Waals surface area contributed by atoms with Crippen molar-refractivity contribution in [2.45, 2.75) is 11.0 Å². The minimum atomic E-state index is -3.70. The smallest absolute Gasteiger partial charge is 0.337 e. The van der Waals surface area contributed by atoms with E-state index in [1.54, 1.807) is 0 Å². The van der Waals surface area contributed by atoms with Crippen molar-refractivity contribution in [1.82, 2.24) is 0 Å². The van der Waals surface area contributed by atoms with Crippen LogP contribution in [0.1, 0.15) is 11.7 Å². The maximum Gasteiger partial charge on any atom is 0.337 e. The van der Waals surface area contributed by atoms with Gasteiger partial charge in [-0.15, -0.1) is 0 Å². The van der Waals surface area contributed by atoms with Gasteiger partial charge in [0.1, 0.15) is 13.2 Å². The molecule has 0 saturated heterocycles. The molecule has 8 heteroatoms. The SMILES string of the molecule is CS(=O)(=O)c1cc2c(cc1C(O)C(=O)O)OCCO2. The van der Waals surface area contributed by atoms with Gasteiger partial charge in [-0.05, 0) is 6.07 Å². The van der Waals surface area contributed by atoms with Gasteiger partial charge in [0.05, 0.1) is 4.90 Å². The number of ether oxygens (including phenoxy) is 2. The molecule has 0 saturated carbocycles. The number of hydrogen-bond donors (Lipinski definition) is 2. The first kappa shape index (κ1) is 13.6. The van der Waals surface area contributed by atoms with E-state index in [1.165, 1.54) is 12.1 Å². The van der Waals surface area contributed by atoms with Crippen LogP contribution in [0.5, 0.6) is 11.5 Å². The summed E-state index contributed by atoms with van der Waals surface area (Å²) >= 11 is 0. The average molecular weight is 288 g/mol. The summed E-state index contributed by atoms with van der Waals surface area (Å²) in [6.45, 7) is 0.546. The van der Waals surface area contributed by atoms with Crippen molar-refractivity contribution in [2.75, 3.05) is 19.5 Å². The Morgan fingerprint density at radius 2 is 1.79 bits per heavy atom. The van der Waals surface area contributed by atoms with Crippen molar-refractivity contribution >= 4 is 15.8 Å². The quantitative estimate of drug-likeness (QED) is 0.804. The van der Waals surface area contributed by atoms with Crippen LogP contribution in [0.25, 0.3) is 0 Å². The third-order valence-corrected chi connectivity index (χ3v) is 3.76. The topological polar surface area (TPSA) is 110 Å². The van der Waals surface area contributed by atoms with E-state index >= 15 is 0 Å². The maximum atomic E-state index is 11.7. The van der Waals surface area contributed by atoms with Gasteiger partial charge in [-0.3, -0.25) is 0 Å². The van der Waals surface area contributed by atoms with Gasteiger partial charge in [0.2, 0.25) is 0 Å². The summed E-state index contributed by atoms with van der Waals surface area (Å²) in [5, 5.41) is 18.4. The molecule has 1 aromatic carbocycles. The van der Waals surface area contributed by atoms with Crippen molar-refractivity contribution in [3.8, 4) is 11.5 Å². The molecule has 104 valence electrons. The van der Waals surface area contributed by atoms with E-state index in [2.05, 4.69) is 0 Å². The van der Waals surface area contributed by atoms with Crippen LogP contribution in [0.2, 0.25) is 0 Å². The number of carboxylic acid groups (broad SMARTS) is 1.